The van der Waals surface area contributed by atoms with E-state index in [1.165, 1.54) is 11.6 Å². The number of hydrogen-bond donors (Lipinski definition) is 1. The van der Waals surface area contributed by atoms with Crippen LogP contribution in [0, 0.1) is 11.6 Å². The topological polar surface area (TPSA) is 32.3 Å². The van der Waals surface area contributed by atoms with E-state index in [1.54, 1.807) is 0 Å². The van der Waals surface area contributed by atoms with Crippen LogP contribution >= 0.6 is 0 Å². The summed E-state index contributed by atoms with van der Waals surface area (Å²) in [5.41, 5.74) is 2.44. The number of benzene rings is 2. The average molecular weight is 332 g/mol. The van der Waals surface area contributed by atoms with Crippen molar-refractivity contribution in [1.29, 1.82) is 0 Å². The molecule has 128 valence electrons. The number of carbonyl (C=O) groups excluding carboxylic acids is 1. The van der Waals surface area contributed by atoms with Gasteiger partial charge >= 0.3 is 0 Å². The standard InChI is InChI=1S/C19H22F2N2O/c1-4-13-5-7-14(8-6-13)18(23(2)3)12-22-19(24)15-9-10-16(20)17(21)11-15/h5-11,18H,4,12H2,1-3H3,(H,22,24). The Morgan fingerprint density at radius 3 is 2.29 bits per heavy atom. The van der Waals surface area contributed by atoms with Gasteiger partial charge in [-0.3, -0.25) is 4.79 Å². The first kappa shape index (κ1) is 18.1. The number of nitrogens with zero attached hydrogens (tertiary/aromatic N) is 1. The number of likely N-dealkylation sites (N-methyl/N-ethyl adjacent to an activating group) is 1. The van der Waals surface area contributed by atoms with Crippen LogP contribution in [0.5, 0.6) is 0 Å². The van der Waals surface area contributed by atoms with Crippen LogP contribution in [-0.2, 0) is 6.42 Å². The zero-order valence-electron chi connectivity index (χ0n) is 14.1. The third-order valence-corrected chi connectivity index (χ3v) is 4.03. The summed E-state index contributed by atoms with van der Waals surface area (Å²) in [6.07, 6.45) is 0.972. The highest BCUT2D eigenvalue weighted by Crippen LogP contribution is 2.18. The van der Waals surface area contributed by atoms with Gasteiger partial charge in [-0.25, -0.2) is 8.78 Å². The fourth-order valence-corrected chi connectivity index (χ4v) is 2.50. The second kappa shape index (κ2) is 8.02. The molecule has 0 aliphatic carbocycles. The van der Waals surface area contributed by atoms with E-state index in [1.807, 2.05) is 31.1 Å². The number of carbonyl (C=O) groups is 1. The monoisotopic (exact) mass is 332 g/mol. The maximum atomic E-state index is 13.2. The minimum Gasteiger partial charge on any atom is -0.350 e. The van der Waals surface area contributed by atoms with Crippen LogP contribution in [0.1, 0.15) is 34.5 Å². The van der Waals surface area contributed by atoms with Crippen LogP contribution in [0.4, 0.5) is 8.78 Å². The number of halogens is 2. The van der Waals surface area contributed by atoms with Gasteiger partial charge in [-0.1, -0.05) is 31.2 Å². The maximum Gasteiger partial charge on any atom is 0.251 e. The number of amides is 1. The Balaban J connectivity index is 2.07. The quantitative estimate of drug-likeness (QED) is 0.877. The van der Waals surface area contributed by atoms with Gasteiger partial charge in [0.2, 0.25) is 0 Å². The molecule has 1 amide bonds. The van der Waals surface area contributed by atoms with Crippen molar-refractivity contribution in [3.63, 3.8) is 0 Å². The molecule has 0 aliphatic heterocycles. The molecular formula is C19H22F2N2O. The Morgan fingerprint density at radius 2 is 1.75 bits per heavy atom. The normalized spacial score (nSPS) is 12.2. The molecular weight excluding hydrogens is 310 g/mol. The average Bonchev–Trinajstić information content (AvgIpc) is 2.57. The molecule has 0 radical (unpaired) electrons. The summed E-state index contributed by atoms with van der Waals surface area (Å²) in [4.78, 5) is 14.2. The highest BCUT2D eigenvalue weighted by molar-refractivity contribution is 5.94. The lowest BCUT2D eigenvalue weighted by atomic mass is 10.0. The SMILES string of the molecule is CCc1ccc(C(CNC(=O)c2ccc(F)c(F)c2)N(C)C)cc1. The highest BCUT2D eigenvalue weighted by atomic mass is 19.2. The van der Waals surface area contributed by atoms with Gasteiger partial charge in [0.15, 0.2) is 11.6 Å². The number of nitrogens with one attached hydrogen (secondary N) is 1. The molecule has 1 N–H and O–H groups in total. The summed E-state index contributed by atoms with van der Waals surface area (Å²) in [5.74, 6) is -2.42. The minimum absolute atomic E-state index is 0.00912. The van der Waals surface area contributed by atoms with Crippen molar-refractivity contribution in [1.82, 2.24) is 10.2 Å². The Hall–Kier alpha value is -2.27. The molecule has 0 heterocycles. The smallest absolute Gasteiger partial charge is 0.251 e. The summed E-state index contributed by atoms with van der Waals surface area (Å²) < 4.78 is 26.2. The van der Waals surface area contributed by atoms with Crippen LogP contribution in [0.2, 0.25) is 0 Å². The van der Waals surface area contributed by atoms with E-state index in [0.29, 0.717) is 6.54 Å². The predicted molar refractivity (Wildman–Crippen MR) is 90.9 cm³/mol. The van der Waals surface area contributed by atoms with Crippen molar-refractivity contribution in [2.75, 3.05) is 20.6 Å². The molecule has 0 aromatic heterocycles. The molecule has 0 spiro atoms. The highest BCUT2D eigenvalue weighted by Gasteiger charge is 2.16. The molecule has 2 aromatic rings. The van der Waals surface area contributed by atoms with E-state index >= 15 is 0 Å². The van der Waals surface area contributed by atoms with Crippen molar-refractivity contribution in [3.8, 4) is 0 Å². The summed E-state index contributed by atoms with van der Waals surface area (Å²) in [5, 5.41) is 2.78. The second-order valence-corrected chi connectivity index (χ2v) is 5.91. The lowest BCUT2D eigenvalue weighted by Gasteiger charge is -2.25. The predicted octanol–water partition coefficient (Wildman–Crippen LogP) is 3.56. The first-order chi connectivity index (χ1) is 11.4. The van der Waals surface area contributed by atoms with Crippen LogP contribution < -0.4 is 5.32 Å². The Labute approximate surface area is 141 Å². The molecule has 1 unspecified atom stereocenters. The van der Waals surface area contributed by atoms with E-state index in [9.17, 15) is 13.6 Å². The maximum absolute atomic E-state index is 13.2. The number of aryl methyl sites for hydroxylation is 1. The fourth-order valence-electron chi connectivity index (χ4n) is 2.50. The molecule has 3 nitrogen and oxygen atoms in total. The van der Waals surface area contributed by atoms with Crippen molar-refractivity contribution in [2.45, 2.75) is 19.4 Å². The van der Waals surface area contributed by atoms with Gasteiger partial charge in [-0.15, -0.1) is 0 Å². The van der Waals surface area contributed by atoms with Gasteiger partial charge < -0.3 is 10.2 Å². The zero-order valence-corrected chi connectivity index (χ0v) is 14.1. The first-order valence-corrected chi connectivity index (χ1v) is 7.91. The minimum atomic E-state index is -1.03. The molecule has 0 saturated heterocycles. The first-order valence-electron chi connectivity index (χ1n) is 7.91. The molecule has 5 heteroatoms. The van der Waals surface area contributed by atoms with Gasteiger partial charge in [0, 0.05) is 12.1 Å². The number of hydrogen-bond acceptors (Lipinski definition) is 2. The lowest BCUT2D eigenvalue weighted by Crippen LogP contribution is -2.34. The van der Waals surface area contributed by atoms with Crippen LogP contribution in [0.15, 0.2) is 42.5 Å². The third kappa shape index (κ3) is 4.38. The van der Waals surface area contributed by atoms with E-state index in [-0.39, 0.29) is 11.6 Å². The molecule has 0 fully saturated rings. The van der Waals surface area contributed by atoms with Gasteiger partial charge in [-0.05, 0) is 49.8 Å². The van der Waals surface area contributed by atoms with E-state index in [0.717, 1.165) is 24.1 Å². The summed E-state index contributed by atoms with van der Waals surface area (Å²) >= 11 is 0. The summed E-state index contributed by atoms with van der Waals surface area (Å²) in [6, 6.07) is 11.4. The second-order valence-electron chi connectivity index (χ2n) is 5.91. The third-order valence-electron chi connectivity index (χ3n) is 4.03. The summed E-state index contributed by atoms with van der Waals surface area (Å²) in [7, 11) is 3.87. The van der Waals surface area contributed by atoms with E-state index in [4.69, 9.17) is 0 Å². The lowest BCUT2D eigenvalue weighted by molar-refractivity contribution is 0.0941. The molecule has 0 saturated carbocycles. The van der Waals surface area contributed by atoms with Crippen LogP contribution in [0.25, 0.3) is 0 Å². The van der Waals surface area contributed by atoms with Crippen LogP contribution in [-0.4, -0.2) is 31.4 Å². The van der Waals surface area contributed by atoms with Crippen LogP contribution in [0.3, 0.4) is 0 Å². The number of rotatable bonds is 6. The zero-order chi connectivity index (χ0) is 17.7. The largest absolute Gasteiger partial charge is 0.350 e. The Morgan fingerprint density at radius 1 is 1.08 bits per heavy atom. The van der Waals surface area contributed by atoms with E-state index in [2.05, 4.69) is 24.4 Å². The van der Waals surface area contributed by atoms with Gasteiger partial charge in [0.25, 0.3) is 5.91 Å². The van der Waals surface area contributed by atoms with Crippen molar-refractivity contribution < 1.29 is 13.6 Å². The molecule has 24 heavy (non-hydrogen) atoms. The summed E-state index contributed by atoms with van der Waals surface area (Å²) in [6.45, 7) is 2.47. The Kier molecular flexibility index (Phi) is 6.04. The molecule has 0 bridgehead atoms. The van der Waals surface area contributed by atoms with Crippen molar-refractivity contribution in [2.24, 2.45) is 0 Å². The van der Waals surface area contributed by atoms with Gasteiger partial charge in [0.1, 0.15) is 0 Å². The molecule has 1 atom stereocenters. The van der Waals surface area contributed by atoms with Gasteiger partial charge in [0.05, 0.1) is 6.04 Å². The van der Waals surface area contributed by atoms with E-state index < -0.39 is 17.5 Å². The molecule has 2 aromatic carbocycles. The van der Waals surface area contributed by atoms with Gasteiger partial charge in [-0.2, -0.15) is 0 Å². The molecule has 0 aliphatic rings. The van der Waals surface area contributed by atoms with Crippen molar-refractivity contribution in [3.05, 3.63) is 70.8 Å². The molecule has 2 rings (SSSR count). The fraction of sp³-hybridized carbons (Fsp3) is 0.316. The Bertz CT molecular complexity index is 699. The van der Waals surface area contributed by atoms with Crippen molar-refractivity contribution >= 4 is 5.91 Å².